The minimum Gasteiger partial charge on any atom is -0.481 e. The van der Waals surface area contributed by atoms with Gasteiger partial charge in [0.25, 0.3) is 0 Å². The quantitative estimate of drug-likeness (QED) is 0.693. The summed E-state index contributed by atoms with van der Waals surface area (Å²) in [6.45, 7) is 2.02. The van der Waals surface area contributed by atoms with Crippen molar-refractivity contribution in [3.63, 3.8) is 0 Å². The lowest BCUT2D eigenvalue weighted by molar-refractivity contribution is -0.141. The van der Waals surface area contributed by atoms with Gasteiger partial charge in [0.05, 0.1) is 5.92 Å². The number of hydrogen-bond acceptors (Lipinski definition) is 2. The highest BCUT2D eigenvalue weighted by Crippen LogP contribution is 2.32. The van der Waals surface area contributed by atoms with Crippen LogP contribution in [-0.4, -0.2) is 29.2 Å². The molecule has 2 rings (SSSR count). The first-order chi connectivity index (χ1) is 8.06. The first-order valence-corrected chi connectivity index (χ1v) is 6.36. The molecule has 3 N–H and O–H groups in total. The highest BCUT2D eigenvalue weighted by molar-refractivity contribution is 5.75. The molecule has 17 heavy (non-hydrogen) atoms. The Morgan fingerprint density at radius 1 is 1.24 bits per heavy atom. The van der Waals surface area contributed by atoms with Crippen molar-refractivity contribution < 1.29 is 14.7 Å². The second kappa shape index (κ2) is 4.94. The fourth-order valence-electron chi connectivity index (χ4n) is 2.48. The zero-order valence-electron chi connectivity index (χ0n) is 10.1. The smallest absolute Gasteiger partial charge is 0.315 e. The van der Waals surface area contributed by atoms with E-state index in [9.17, 15) is 9.59 Å². The first kappa shape index (κ1) is 12.2. The molecule has 2 amide bonds. The molecule has 0 aromatic heterocycles. The number of carboxylic acid groups (broad SMARTS) is 1. The Morgan fingerprint density at radius 3 is 2.47 bits per heavy atom. The van der Waals surface area contributed by atoms with Crippen LogP contribution in [0.2, 0.25) is 0 Å². The number of carbonyl (C=O) groups is 2. The normalized spacial score (nSPS) is 29.7. The second-order valence-corrected chi connectivity index (χ2v) is 5.29. The molecule has 0 spiro atoms. The van der Waals surface area contributed by atoms with E-state index in [1.807, 2.05) is 6.92 Å². The molecule has 0 radical (unpaired) electrons. The number of hydrogen-bond donors (Lipinski definition) is 3. The second-order valence-electron chi connectivity index (χ2n) is 5.29. The molecule has 3 atom stereocenters. The Labute approximate surface area is 101 Å². The van der Waals surface area contributed by atoms with Gasteiger partial charge in [0.1, 0.15) is 0 Å². The SMILES string of the molecule is CC(NC(=O)N[C@H]1CC[C@@H](C(=O)O)C1)C1CC1. The summed E-state index contributed by atoms with van der Waals surface area (Å²) in [5.74, 6) is -0.404. The molecular weight excluding hydrogens is 220 g/mol. The number of rotatable bonds is 4. The Hall–Kier alpha value is -1.26. The van der Waals surface area contributed by atoms with Gasteiger partial charge in [0.2, 0.25) is 0 Å². The Kier molecular flexibility index (Phi) is 3.54. The van der Waals surface area contributed by atoms with Crippen molar-refractivity contribution in [3.05, 3.63) is 0 Å². The predicted octanol–water partition coefficient (Wildman–Crippen LogP) is 1.34. The summed E-state index contributed by atoms with van der Waals surface area (Å²) in [7, 11) is 0. The summed E-state index contributed by atoms with van der Waals surface area (Å²) in [5, 5.41) is 14.6. The zero-order chi connectivity index (χ0) is 12.4. The lowest BCUT2D eigenvalue weighted by Crippen LogP contribution is -2.45. The van der Waals surface area contributed by atoms with E-state index in [0.717, 1.165) is 6.42 Å². The third-order valence-electron chi connectivity index (χ3n) is 3.80. The maximum absolute atomic E-state index is 11.6. The van der Waals surface area contributed by atoms with Gasteiger partial charge in [0, 0.05) is 12.1 Å². The van der Waals surface area contributed by atoms with Crippen LogP contribution in [0.4, 0.5) is 4.79 Å². The molecule has 0 heterocycles. The summed E-state index contributed by atoms with van der Waals surface area (Å²) in [6.07, 6.45) is 4.39. The van der Waals surface area contributed by atoms with Gasteiger partial charge in [-0.2, -0.15) is 0 Å². The number of aliphatic carboxylic acids is 1. The van der Waals surface area contributed by atoms with Crippen molar-refractivity contribution in [2.24, 2.45) is 11.8 Å². The van der Waals surface area contributed by atoms with Crippen LogP contribution in [0.5, 0.6) is 0 Å². The topological polar surface area (TPSA) is 78.4 Å². The fraction of sp³-hybridized carbons (Fsp3) is 0.833. The van der Waals surface area contributed by atoms with Crippen molar-refractivity contribution in [2.45, 2.75) is 51.1 Å². The van der Waals surface area contributed by atoms with Crippen LogP contribution in [0.1, 0.15) is 39.0 Å². The Morgan fingerprint density at radius 2 is 1.94 bits per heavy atom. The Bertz CT molecular complexity index is 315. The average molecular weight is 240 g/mol. The van der Waals surface area contributed by atoms with Crippen molar-refractivity contribution in [1.29, 1.82) is 0 Å². The van der Waals surface area contributed by atoms with Gasteiger partial charge >= 0.3 is 12.0 Å². The summed E-state index contributed by atoms with van der Waals surface area (Å²) in [5.41, 5.74) is 0. The monoisotopic (exact) mass is 240 g/mol. The first-order valence-electron chi connectivity index (χ1n) is 6.36. The summed E-state index contributed by atoms with van der Waals surface area (Å²) in [6, 6.07) is 0.0922. The minimum atomic E-state index is -0.749. The maximum Gasteiger partial charge on any atom is 0.315 e. The van der Waals surface area contributed by atoms with E-state index in [-0.39, 0.29) is 24.0 Å². The molecule has 0 bridgehead atoms. The number of carboxylic acids is 1. The van der Waals surface area contributed by atoms with Gasteiger partial charge < -0.3 is 15.7 Å². The van der Waals surface area contributed by atoms with Crippen LogP contribution in [0, 0.1) is 11.8 Å². The van der Waals surface area contributed by atoms with Crippen molar-refractivity contribution in [2.75, 3.05) is 0 Å². The van der Waals surface area contributed by atoms with Gasteiger partial charge in [0.15, 0.2) is 0 Å². The zero-order valence-corrected chi connectivity index (χ0v) is 10.1. The molecule has 2 saturated carbocycles. The van der Waals surface area contributed by atoms with E-state index in [1.165, 1.54) is 12.8 Å². The van der Waals surface area contributed by atoms with Gasteiger partial charge in [-0.25, -0.2) is 4.79 Å². The minimum absolute atomic E-state index is 0.0162. The maximum atomic E-state index is 11.6. The van der Waals surface area contributed by atoms with E-state index in [1.54, 1.807) is 0 Å². The largest absolute Gasteiger partial charge is 0.481 e. The van der Waals surface area contributed by atoms with E-state index in [4.69, 9.17) is 5.11 Å². The van der Waals surface area contributed by atoms with Crippen LogP contribution in [0.15, 0.2) is 0 Å². The third kappa shape index (κ3) is 3.35. The molecule has 1 unspecified atom stereocenters. The van der Waals surface area contributed by atoms with Gasteiger partial charge in [-0.15, -0.1) is 0 Å². The summed E-state index contributed by atoms with van der Waals surface area (Å²) >= 11 is 0. The van der Waals surface area contributed by atoms with E-state index < -0.39 is 5.97 Å². The van der Waals surface area contributed by atoms with Crippen LogP contribution >= 0.6 is 0 Å². The molecule has 0 saturated heterocycles. The van der Waals surface area contributed by atoms with Gasteiger partial charge in [-0.05, 0) is 44.9 Å². The number of carbonyl (C=O) groups excluding carboxylic acids is 1. The van der Waals surface area contributed by atoms with Crippen LogP contribution in [0.3, 0.4) is 0 Å². The highest BCUT2D eigenvalue weighted by Gasteiger charge is 2.32. The average Bonchev–Trinajstić information content (AvgIpc) is 2.99. The standard InChI is InChI=1S/C12H20N2O3/c1-7(8-2-3-8)13-12(17)14-10-5-4-9(6-10)11(15)16/h7-10H,2-6H2,1H3,(H,15,16)(H2,13,14,17)/t7?,9-,10+/m1/s1. The molecule has 0 aliphatic heterocycles. The number of urea groups is 1. The summed E-state index contributed by atoms with van der Waals surface area (Å²) in [4.78, 5) is 22.4. The lowest BCUT2D eigenvalue weighted by Gasteiger charge is -2.17. The van der Waals surface area contributed by atoms with E-state index >= 15 is 0 Å². The predicted molar refractivity (Wildman–Crippen MR) is 62.6 cm³/mol. The molecule has 5 nitrogen and oxygen atoms in total. The van der Waals surface area contributed by atoms with E-state index in [2.05, 4.69) is 10.6 Å². The molecule has 96 valence electrons. The molecule has 2 aliphatic carbocycles. The van der Waals surface area contributed by atoms with E-state index in [0.29, 0.717) is 18.8 Å². The lowest BCUT2D eigenvalue weighted by atomic mass is 10.1. The fourth-order valence-corrected chi connectivity index (χ4v) is 2.48. The van der Waals surface area contributed by atoms with Crippen LogP contribution < -0.4 is 10.6 Å². The molecule has 0 aromatic carbocycles. The third-order valence-corrected chi connectivity index (χ3v) is 3.80. The van der Waals surface area contributed by atoms with Crippen molar-refractivity contribution >= 4 is 12.0 Å². The summed E-state index contributed by atoms with van der Waals surface area (Å²) < 4.78 is 0. The molecular formula is C12H20N2O3. The number of nitrogens with one attached hydrogen (secondary N) is 2. The molecule has 5 heteroatoms. The van der Waals surface area contributed by atoms with Crippen molar-refractivity contribution in [1.82, 2.24) is 10.6 Å². The van der Waals surface area contributed by atoms with Crippen molar-refractivity contribution in [3.8, 4) is 0 Å². The molecule has 2 aliphatic rings. The van der Waals surface area contributed by atoms with Crippen LogP contribution in [0.25, 0.3) is 0 Å². The van der Waals surface area contributed by atoms with Crippen LogP contribution in [-0.2, 0) is 4.79 Å². The molecule has 0 aromatic rings. The molecule has 2 fully saturated rings. The van der Waals surface area contributed by atoms with Gasteiger partial charge in [-0.1, -0.05) is 0 Å². The highest BCUT2D eigenvalue weighted by atomic mass is 16.4. The Balaban J connectivity index is 1.70. The number of amides is 2. The van der Waals surface area contributed by atoms with Gasteiger partial charge in [-0.3, -0.25) is 4.79 Å².